The van der Waals surface area contributed by atoms with Gasteiger partial charge in [0.15, 0.2) is 11.5 Å². The van der Waals surface area contributed by atoms with Crippen molar-refractivity contribution >= 4 is 11.6 Å². The number of para-hydroxylation sites is 1. The normalized spacial score (nSPS) is 13.6. The van der Waals surface area contributed by atoms with Crippen molar-refractivity contribution in [3.05, 3.63) is 71.0 Å². The summed E-state index contributed by atoms with van der Waals surface area (Å²) in [4.78, 5) is 29.2. The van der Waals surface area contributed by atoms with Crippen molar-refractivity contribution in [2.75, 3.05) is 45.3 Å². The summed E-state index contributed by atoms with van der Waals surface area (Å²) in [6.07, 6.45) is 0.945. The Morgan fingerprint density at radius 3 is 2.35 bits per heavy atom. The van der Waals surface area contributed by atoms with Crippen LogP contribution in [-0.2, 0) is 11.3 Å². The SMILES string of the molecule is COc1ccc(-c2ccc(=O)n(CCCC(=O)N3CCN(c4ccccc4)CC3)n2)cc1OC. The quantitative estimate of drug-likeness (QED) is 0.512. The van der Waals surface area contributed by atoms with Gasteiger partial charge in [-0.05, 0) is 42.8 Å². The predicted molar refractivity (Wildman–Crippen MR) is 132 cm³/mol. The van der Waals surface area contributed by atoms with Gasteiger partial charge in [0.1, 0.15) is 0 Å². The number of aromatic nitrogens is 2. The highest BCUT2D eigenvalue weighted by atomic mass is 16.5. The summed E-state index contributed by atoms with van der Waals surface area (Å²) in [5.41, 5.74) is 2.48. The van der Waals surface area contributed by atoms with E-state index in [1.165, 1.54) is 16.4 Å². The van der Waals surface area contributed by atoms with Gasteiger partial charge in [-0.1, -0.05) is 18.2 Å². The van der Waals surface area contributed by atoms with Crippen LogP contribution in [0, 0.1) is 0 Å². The fourth-order valence-corrected chi connectivity index (χ4v) is 4.15. The molecule has 2 heterocycles. The second-order valence-electron chi connectivity index (χ2n) is 8.16. The van der Waals surface area contributed by atoms with Crippen LogP contribution in [0.1, 0.15) is 12.8 Å². The second-order valence-corrected chi connectivity index (χ2v) is 8.16. The number of rotatable bonds is 8. The summed E-state index contributed by atoms with van der Waals surface area (Å²) in [5.74, 6) is 1.34. The van der Waals surface area contributed by atoms with Gasteiger partial charge < -0.3 is 19.3 Å². The molecule has 0 saturated carbocycles. The van der Waals surface area contributed by atoms with Crippen LogP contribution in [0.25, 0.3) is 11.3 Å². The molecule has 0 radical (unpaired) electrons. The number of nitrogens with zero attached hydrogens (tertiary/aromatic N) is 4. The molecule has 8 heteroatoms. The van der Waals surface area contributed by atoms with Crippen molar-refractivity contribution in [2.24, 2.45) is 0 Å². The first-order valence-electron chi connectivity index (χ1n) is 11.5. The molecule has 4 rings (SSSR count). The zero-order chi connectivity index (χ0) is 23.9. The standard InChI is InChI=1S/C26H30N4O4/c1-33-23-12-10-20(19-24(23)34-2)22-11-13-26(32)30(27-22)14-6-9-25(31)29-17-15-28(16-18-29)21-7-4-3-5-8-21/h3-5,7-8,10-13,19H,6,9,14-18H2,1-2H3. The summed E-state index contributed by atoms with van der Waals surface area (Å²) in [7, 11) is 3.16. The average Bonchev–Trinajstić information content (AvgIpc) is 2.89. The molecule has 8 nitrogen and oxygen atoms in total. The highest BCUT2D eigenvalue weighted by Gasteiger charge is 2.21. The monoisotopic (exact) mass is 462 g/mol. The van der Waals surface area contributed by atoms with Crippen LogP contribution in [0.5, 0.6) is 11.5 Å². The van der Waals surface area contributed by atoms with Crippen LogP contribution in [0.4, 0.5) is 5.69 Å². The Balaban J connectivity index is 1.33. The Kier molecular flexibility index (Phi) is 7.47. The Labute approximate surface area is 199 Å². The van der Waals surface area contributed by atoms with Gasteiger partial charge >= 0.3 is 0 Å². The number of ether oxygens (including phenoxy) is 2. The maximum Gasteiger partial charge on any atom is 0.266 e. The molecule has 0 bridgehead atoms. The number of carbonyl (C=O) groups is 1. The van der Waals surface area contributed by atoms with Gasteiger partial charge in [-0.15, -0.1) is 0 Å². The molecule has 0 unspecified atom stereocenters. The largest absolute Gasteiger partial charge is 0.493 e. The molecule has 1 aliphatic heterocycles. The van der Waals surface area contributed by atoms with E-state index in [-0.39, 0.29) is 11.5 Å². The summed E-state index contributed by atoms with van der Waals surface area (Å²) >= 11 is 0. The number of carbonyl (C=O) groups excluding carboxylic acids is 1. The molecule has 0 aliphatic carbocycles. The number of aryl methyl sites for hydroxylation is 1. The summed E-state index contributed by atoms with van der Waals surface area (Å²) in [6, 6.07) is 19.0. The lowest BCUT2D eigenvalue weighted by Gasteiger charge is -2.36. The maximum atomic E-state index is 12.7. The number of piperazine rings is 1. The fourth-order valence-electron chi connectivity index (χ4n) is 4.15. The predicted octanol–water partition coefficient (Wildman–Crippen LogP) is 3.06. The first-order valence-corrected chi connectivity index (χ1v) is 11.5. The smallest absolute Gasteiger partial charge is 0.266 e. The number of amides is 1. The van der Waals surface area contributed by atoms with Crippen molar-refractivity contribution in [1.82, 2.24) is 14.7 Å². The molecule has 0 N–H and O–H groups in total. The molecule has 1 saturated heterocycles. The molecule has 1 fully saturated rings. The summed E-state index contributed by atoms with van der Waals surface area (Å²) in [6.45, 7) is 3.45. The van der Waals surface area contributed by atoms with Gasteiger partial charge in [0.2, 0.25) is 5.91 Å². The Hall–Kier alpha value is -3.81. The molecule has 1 aliphatic rings. The molecule has 0 spiro atoms. The van der Waals surface area contributed by atoms with Gasteiger partial charge in [0, 0.05) is 56.5 Å². The molecular weight excluding hydrogens is 432 g/mol. The Morgan fingerprint density at radius 1 is 0.912 bits per heavy atom. The Morgan fingerprint density at radius 2 is 1.65 bits per heavy atom. The van der Waals surface area contributed by atoms with E-state index in [4.69, 9.17) is 9.47 Å². The summed E-state index contributed by atoms with van der Waals surface area (Å²) in [5, 5.41) is 4.50. The van der Waals surface area contributed by atoms with E-state index in [0.717, 1.165) is 18.7 Å². The number of hydrogen-bond donors (Lipinski definition) is 0. The minimum atomic E-state index is -0.187. The number of anilines is 1. The van der Waals surface area contributed by atoms with Gasteiger partial charge in [-0.2, -0.15) is 5.10 Å². The van der Waals surface area contributed by atoms with E-state index in [1.807, 2.05) is 41.3 Å². The van der Waals surface area contributed by atoms with E-state index in [9.17, 15) is 9.59 Å². The van der Waals surface area contributed by atoms with Crippen molar-refractivity contribution in [3.8, 4) is 22.8 Å². The molecule has 1 amide bonds. The number of methoxy groups -OCH3 is 2. The minimum Gasteiger partial charge on any atom is -0.493 e. The Bertz CT molecular complexity index is 1170. The fraction of sp³-hybridized carbons (Fsp3) is 0.346. The first-order chi connectivity index (χ1) is 16.6. The van der Waals surface area contributed by atoms with Crippen LogP contribution >= 0.6 is 0 Å². The van der Waals surface area contributed by atoms with Gasteiger partial charge in [-0.3, -0.25) is 9.59 Å². The van der Waals surface area contributed by atoms with E-state index in [1.54, 1.807) is 20.3 Å². The maximum absolute atomic E-state index is 12.7. The van der Waals surface area contributed by atoms with E-state index in [2.05, 4.69) is 22.1 Å². The zero-order valence-corrected chi connectivity index (χ0v) is 19.6. The lowest BCUT2D eigenvalue weighted by Crippen LogP contribution is -2.48. The molecule has 34 heavy (non-hydrogen) atoms. The highest BCUT2D eigenvalue weighted by Crippen LogP contribution is 2.31. The van der Waals surface area contributed by atoms with Crippen LogP contribution < -0.4 is 19.9 Å². The lowest BCUT2D eigenvalue weighted by molar-refractivity contribution is -0.131. The lowest BCUT2D eigenvalue weighted by atomic mass is 10.1. The molecule has 1 aromatic heterocycles. The van der Waals surface area contributed by atoms with E-state index in [0.29, 0.717) is 49.7 Å². The first kappa shape index (κ1) is 23.4. The van der Waals surface area contributed by atoms with Gasteiger partial charge in [0.25, 0.3) is 5.56 Å². The van der Waals surface area contributed by atoms with Crippen molar-refractivity contribution in [1.29, 1.82) is 0 Å². The molecule has 3 aromatic rings. The van der Waals surface area contributed by atoms with Crippen LogP contribution in [0.3, 0.4) is 0 Å². The third-order valence-electron chi connectivity index (χ3n) is 6.06. The van der Waals surface area contributed by atoms with Gasteiger partial charge in [-0.25, -0.2) is 4.68 Å². The number of benzene rings is 2. The second kappa shape index (κ2) is 10.9. The van der Waals surface area contributed by atoms with Gasteiger partial charge in [0.05, 0.1) is 19.9 Å². The highest BCUT2D eigenvalue weighted by molar-refractivity contribution is 5.76. The molecular formula is C26H30N4O4. The van der Waals surface area contributed by atoms with Crippen molar-refractivity contribution in [2.45, 2.75) is 19.4 Å². The van der Waals surface area contributed by atoms with Crippen molar-refractivity contribution < 1.29 is 14.3 Å². The third kappa shape index (κ3) is 5.39. The minimum absolute atomic E-state index is 0.122. The van der Waals surface area contributed by atoms with E-state index < -0.39 is 0 Å². The summed E-state index contributed by atoms with van der Waals surface area (Å²) < 4.78 is 12.1. The van der Waals surface area contributed by atoms with E-state index >= 15 is 0 Å². The van der Waals surface area contributed by atoms with Crippen molar-refractivity contribution in [3.63, 3.8) is 0 Å². The molecule has 0 atom stereocenters. The van der Waals surface area contributed by atoms with Crippen LogP contribution in [0.15, 0.2) is 65.5 Å². The topological polar surface area (TPSA) is 76.9 Å². The van der Waals surface area contributed by atoms with Crippen LogP contribution in [0.2, 0.25) is 0 Å². The molecule has 2 aromatic carbocycles. The zero-order valence-electron chi connectivity index (χ0n) is 19.6. The third-order valence-corrected chi connectivity index (χ3v) is 6.06. The molecule has 178 valence electrons. The number of hydrogen-bond acceptors (Lipinski definition) is 6. The van der Waals surface area contributed by atoms with Crippen LogP contribution in [-0.4, -0.2) is 61.0 Å². The average molecular weight is 463 g/mol.